The van der Waals surface area contributed by atoms with Crippen molar-refractivity contribution in [2.75, 3.05) is 0 Å². The van der Waals surface area contributed by atoms with E-state index in [1.54, 1.807) is 22.7 Å². The normalized spacial score (nSPS) is 12.1. The van der Waals surface area contributed by atoms with Crippen molar-refractivity contribution >= 4 is 156 Å². The van der Waals surface area contributed by atoms with Gasteiger partial charge in [-0.25, -0.2) is 4.85 Å². The molecule has 406 valence electrons. The molecule has 0 aliphatic rings. The summed E-state index contributed by atoms with van der Waals surface area (Å²) in [7, 11) is 0. The van der Waals surface area contributed by atoms with Crippen molar-refractivity contribution in [3.8, 4) is 51.1 Å². The van der Waals surface area contributed by atoms with E-state index in [1.165, 1.54) is 20.2 Å². The second-order valence-electron chi connectivity index (χ2n) is 22.7. The lowest BCUT2D eigenvalue weighted by molar-refractivity contribution is 1.14. The molecule has 0 aliphatic heterocycles. The van der Waals surface area contributed by atoms with Crippen LogP contribution < -0.4 is 0 Å². The minimum atomic E-state index is 0.386. The van der Waals surface area contributed by atoms with Gasteiger partial charge < -0.3 is 18.3 Å². The van der Waals surface area contributed by atoms with Crippen LogP contribution >= 0.6 is 22.7 Å². The van der Waals surface area contributed by atoms with Gasteiger partial charge in [-0.1, -0.05) is 194 Å². The SMILES string of the molecule is [C-]#[N+]c1c(-c2cccc3c2c2ccccc2n3-c2ccccc2)c(C#N)c(-n2c3ccccc3c3ccc4c5ccccc5sc4c32)c(-c2cccc3c2c2ccccc2n3-c2ccccc2)c1-n1c2ccccc2c2ccc3c4ccccc4sc3c21. The van der Waals surface area contributed by atoms with Crippen molar-refractivity contribution < 1.29 is 0 Å². The van der Waals surface area contributed by atoms with Gasteiger partial charge in [0.15, 0.2) is 0 Å². The van der Waals surface area contributed by atoms with Crippen LogP contribution in [0.15, 0.2) is 267 Å². The first-order valence-electron chi connectivity index (χ1n) is 29.5. The third-order valence-corrected chi connectivity index (χ3v) is 20.8. The molecule has 0 unspecified atom stereocenters. The van der Waals surface area contributed by atoms with Crippen molar-refractivity contribution in [2.45, 2.75) is 0 Å². The van der Waals surface area contributed by atoms with Gasteiger partial charge in [0, 0.05) is 96.5 Å². The lowest BCUT2D eigenvalue weighted by Gasteiger charge is -2.26. The molecule has 13 aromatic carbocycles. The molecule has 6 heterocycles. The molecule has 6 aromatic heterocycles. The molecule has 6 nitrogen and oxygen atoms in total. The summed E-state index contributed by atoms with van der Waals surface area (Å²) in [6.07, 6.45) is 0. The summed E-state index contributed by atoms with van der Waals surface area (Å²) in [5, 5.41) is 26.1. The Balaban J connectivity index is 1.13. The fourth-order valence-corrected chi connectivity index (χ4v) is 17.5. The van der Waals surface area contributed by atoms with Gasteiger partial charge in [0.05, 0.1) is 77.0 Å². The van der Waals surface area contributed by atoms with Crippen molar-refractivity contribution in [1.82, 2.24) is 18.3 Å². The number of nitriles is 1. The molecule has 0 radical (unpaired) electrons. The predicted molar refractivity (Wildman–Crippen MR) is 371 cm³/mol. The first-order chi connectivity index (χ1) is 43.7. The quantitative estimate of drug-likeness (QED) is 0.153. The highest BCUT2D eigenvalue weighted by Crippen LogP contribution is 2.57. The molecule has 0 aliphatic carbocycles. The van der Waals surface area contributed by atoms with Gasteiger partial charge in [-0.15, -0.1) is 22.7 Å². The maximum absolute atomic E-state index is 13.0. The third kappa shape index (κ3) is 6.51. The van der Waals surface area contributed by atoms with Gasteiger partial charge in [-0.05, 0) is 83.9 Å². The Morgan fingerprint density at radius 3 is 1.16 bits per heavy atom. The van der Waals surface area contributed by atoms with Crippen molar-refractivity contribution in [3.05, 3.63) is 284 Å². The molecule has 0 spiro atoms. The number of fused-ring (bicyclic) bond motifs is 20. The van der Waals surface area contributed by atoms with Gasteiger partial charge >= 0.3 is 0 Å². The van der Waals surface area contributed by atoms with E-state index in [0.717, 1.165) is 135 Å². The molecule has 19 aromatic rings. The van der Waals surface area contributed by atoms with E-state index in [1.807, 2.05) is 0 Å². The Kier molecular flexibility index (Phi) is 10.3. The van der Waals surface area contributed by atoms with E-state index in [0.29, 0.717) is 28.2 Å². The number of hydrogen-bond donors (Lipinski definition) is 0. The fourth-order valence-electron chi connectivity index (χ4n) is 15.0. The summed E-state index contributed by atoms with van der Waals surface area (Å²) >= 11 is 3.59. The van der Waals surface area contributed by atoms with Crippen LogP contribution in [-0.4, -0.2) is 18.3 Å². The molecule has 0 atom stereocenters. The summed E-state index contributed by atoms with van der Waals surface area (Å²) in [6, 6.07) is 98.5. The summed E-state index contributed by atoms with van der Waals surface area (Å²) in [4.78, 5) is 4.97. The summed E-state index contributed by atoms with van der Waals surface area (Å²) in [5.41, 5.74) is 15.3. The number of hydrogen-bond acceptors (Lipinski definition) is 3. The molecule has 0 fully saturated rings. The smallest absolute Gasteiger partial charge is 0.220 e. The van der Waals surface area contributed by atoms with Crippen molar-refractivity contribution in [1.29, 1.82) is 5.26 Å². The van der Waals surface area contributed by atoms with Crippen LogP contribution in [0.3, 0.4) is 0 Å². The molecule has 0 saturated carbocycles. The van der Waals surface area contributed by atoms with Crippen LogP contribution in [0.2, 0.25) is 0 Å². The summed E-state index contributed by atoms with van der Waals surface area (Å²) in [6.45, 7) is 10.2. The molecule has 0 amide bonds. The lowest BCUT2D eigenvalue weighted by Crippen LogP contribution is -2.09. The number of benzene rings is 13. The van der Waals surface area contributed by atoms with E-state index >= 15 is 0 Å². The van der Waals surface area contributed by atoms with Gasteiger partial charge in [0.25, 0.3) is 0 Å². The Hall–Kier alpha value is -11.5. The number of aromatic nitrogens is 4. The van der Waals surface area contributed by atoms with Crippen molar-refractivity contribution in [3.63, 3.8) is 0 Å². The molecule has 8 heteroatoms. The highest BCUT2D eigenvalue weighted by Gasteiger charge is 2.35. The molecule has 19 rings (SSSR count). The minimum absolute atomic E-state index is 0.386. The number of para-hydroxylation sites is 6. The largest absolute Gasteiger partial charge is 0.317 e. The van der Waals surface area contributed by atoms with Gasteiger partial charge in [0.2, 0.25) is 5.69 Å². The van der Waals surface area contributed by atoms with Crippen LogP contribution in [0.25, 0.3) is 177 Å². The van der Waals surface area contributed by atoms with Crippen LogP contribution in [0.5, 0.6) is 0 Å². The van der Waals surface area contributed by atoms with Crippen LogP contribution in [0, 0.1) is 17.9 Å². The number of rotatable bonds is 6. The second kappa shape index (κ2) is 18.5. The van der Waals surface area contributed by atoms with Crippen LogP contribution in [0.4, 0.5) is 5.69 Å². The molecular formula is C80H44N6S2. The Morgan fingerprint density at radius 2 is 0.693 bits per heavy atom. The van der Waals surface area contributed by atoms with E-state index < -0.39 is 0 Å². The number of thiophene rings is 2. The van der Waals surface area contributed by atoms with E-state index in [9.17, 15) is 11.8 Å². The van der Waals surface area contributed by atoms with E-state index in [2.05, 4.69) is 291 Å². The Bertz CT molecular complexity index is 6100. The predicted octanol–water partition coefficient (Wildman–Crippen LogP) is 22.6. The summed E-state index contributed by atoms with van der Waals surface area (Å²) < 4.78 is 14.2. The molecule has 88 heavy (non-hydrogen) atoms. The molecule has 0 N–H and O–H groups in total. The third-order valence-electron chi connectivity index (χ3n) is 18.4. The fraction of sp³-hybridized carbons (Fsp3) is 0. The van der Waals surface area contributed by atoms with Crippen LogP contribution in [-0.2, 0) is 0 Å². The lowest BCUT2D eigenvalue weighted by atomic mass is 9.86. The van der Waals surface area contributed by atoms with Crippen molar-refractivity contribution in [2.24, 2.45) is 0 Å². The van der Waals surface area contributed by atoms with Crippen LogP contribution in [0.1, 0.15) is 5.56 Å². The average molecular weight is 1150 g/mol. The molecular weight excluding hydrogens is 1110 g/mol. The van der Waals surface area contributed by atoms with Gasteiger partial charge in [0.1, 0.15) is 6.07 Å². The highest BCUT2D eigenvalue weighted by molar-refractivity contribution is 7.27. The minimum Gasteiger partial charge on any atom is -0.317 e. The zero-order valence-corrected chi connectivity index (χ0v) is 48.5. The number of nitrogens with zero attached hydrogens (tertiary/aromatic N) is 6. The topological polar surface area (TPSA) is 47.9 Å². The van der Waals surface area contributed by atoms with E-state index in [4.69, 9.17) is 4.85 Å². The molecule has 0 saturated heterocycles. The van der Waals surface area contributed by atoms with Gasteiger partial charge in [-0.3, -0.25) is 0 Å². The monoisotopic (exact) mass is 1150 g/mol. The van der Waals surface area contributed by atoms with Gasteiger partial charge in [-0.2, -0.15) is 5.26 Å². The van der Waals surface area contributed by atoms with E-state index in [-0.39, 0.29) is 0 Å². The maximum Gasteiger partial charge on any atom is 0.220 e. The maximum atomic E-state index is 13.0. The first kappa shape index (κ1) is 48.8. The summed E-state index contributed by atoms with van der Waals surface area (Å²) in [5.74, 6) is 0. The second-order valence-corrected chi connectivity index (χ2v) is 24.9. The zero-order chi connectivity index (χ0) is 57.9. The Morgan fingerprint density at radius 1 is 0.318 bits per heavy atom. The highest BCUT2D eigenvalue weighted by atomic mass is 32.1. The Labute approximate surface area is 511 Å². The first-order valence-corrected chi connectivity index (χ1v) is 31.1. The zero-order valence-electron chi connectivity index (χ0n) is 46.9. The standard InChI is InChI=1S/C80H44N6S2/c1-82-74-72(59-32-20-38-66-70(59)57-30-10-16-36-64(57)83(66)47-22-4-2-5-23-47)61(46-81)75(85-62-34-14-8-26-49(62)53-42-44-55-51-28-12-18-40-68(51)87-79(55)76(53)85)73(60-33-21-39-67-71(60)58-31-11-17-37-65(58)84(67)48-24-6-3-7-25-48)78(74)86-63-35-15-9-27-50(63)54-43-45-56-52-29-13-19-41-69(52)88-80(56)77(54)86/h2-45H. The molecule has 0 bridgehead atoms. The average Bonchev–Trinajstić information content (AvgIpc) is 1.51.